The molecular weight excluding hydrogens is 335 g/mol. The Morgan fingerprint density at radius 3 is 2.90 bits per heavy atom. The fraction of sp³-hybridized carbons (Fsp3) is 0.294. The summed E-state index contributed by atoms with van der Waals surface area (Å²) in [6, 6.07) is 12.8. The van der Waals surface area contributed by atoms with Gasteiger partial charge < -0.3 is 9.84 Å². The summed E-state index contributed by atoms with van der Waals surface area (Å²) in [4.78, 5) is 0. The molecule has 0 saturated heterocycles. The van der Waals surface area contributed by atoms with Gasteiger partial charge in [0.05, 0.1) is 12.7 Å². The molecule has 0 aromatic heterocycles. The molecule has 0 aliphatic carbocycles. The lowest BCUT2D eigenvalue weighted by Crippen LogP contribution is -2.28. The van der Waals surface area contributed by atoms with Crippen molar-refractivity contribution in [2.24, 2.45) is 0 Å². The molecule has 0 fully saturated rings. The predicted octanol–water partition coefficient (Wildman–Crippen LogP) is 3.81. The maximum absolute atomic E-state index is 13.9. The van der Waals surface area contributed by atoms with E-state index in [1.165, 1.54) is 11.6 Å². The maximum atomic E-state index is 13.9. The zero-order valence-corrected chi connectivity index (χ0v) is 13.0. The molecule has 2 unspecified atom stereocenters. The first kappa shape index (κ1) is 14.7. The first-order valence-corrected chi connectivity index (χ1v) is 7.76. The van der Waals surface area contributed by atoms with Crippen molar-refractivity contribution in [1.29, 1.82) is 0 Å². The molecule has 0 radical (unpaired) electrons. The predicted molar refractivity (Wildman–Crippen MR) is 82.6 cm³/mol. The van der Waals surface area contributed by atoms with Crippen LogP contribution in [0.25, 0.3) is 0 Å². The second kappa shape index (κ2) is 6.26. The first-order chi connectivity index (χ1) is 10.1. The van der Waals surface area contributed by atoms with Gasteiger partial charge in [-0.1, -0.05) is 46.3 Å². The van der Waals surface area contributed by atoms with Crippen molar-refractivity contribution in [3.63, 3.8) is 0 Å². The normalized spacial score (nSPS) is 19.1. The number of benzene rings is 2. The summed E-state index contributed by atoms with van der Waals surface area (Å²) < 4.78 is 20.3. The number of rotatable bonds is 3. The lowest BCUT2D eigenvalue weighted by Gasteiger charge is -2.29. The monoisotopic (exact) mass is 350 g/mol. The van der Waals surface area contributed by atoms with E-state index in [1.54, 1.807) is 12.1 Å². The Labute approximate surface area is 131 Å². The third kappa shape index (κ3) is 3.18. The molecule has 0 amide bonds. The van der Waals surface area contributed by atoms with Crippen LogP contribution in [0.15, 0.2) is 46.9 Å². The molecule has 0 spiro atoms. The Morgan fingerprint density at radius 1 is 1.29 bits per heavy atom. The number of fused-ring (bicyclic) bond motifs is 1. The van der Waals surface area contributed by atoms with Crippen LogP contribution in [0.4, 0.5) is 4.39 Å². The van der Waals surface area contributed by atoms with Gasteiger partial charge in [-0.05, 0) is 35.2 Å². The van der Waals surface area contributed by atoms with Crippen molar-refractivity contribution in [2.75, 3.05) is 6.61 Å². The van der Waals surface area contributed by atoms with Gasteiger partial charge in [-0.2, -0.15) is 0 Å². The van der Waals surface area contributed by atoms with Gasteiger partial charge in [0.2, 0.25) is 0 Å². The van der Waals surface area contributed by atoms with Crippen LogP contribution in [0.1, 0.15) is 22.8 Å². The lowest BCUT2D eigenvalue weighted by atomic mass is 9.92. The van der Waals surface area contributed by atoms with E-state index in [2.05, 4.69) is 22.0 Å². The van der Waals surface area contributed by atoms with Crippen LogP contribution in [-0.2, 0) is 17.6 Å². The van der Waals surface area contributed by atoms with Gasteiger partial charge in [0.1, 0.15) is 11.9 Å². The number of hydrogen-bond acceptors (Lipinski definition) is 2. The topological polar surface area (TPSA) is 29.5 Å². The highest BCUT2D eigenvalue weighted by molar-refractivity contribution is 9.10. The van der Waals surface area contributed by atoms with E-state index >= 15 is 0 Å². The Morgan fingerprint density at radius 2 is 2.10 bits per heavy atom. The standard InChI is InChI=1S/C17H16BrFO2/c18-13-6-5-12(15(19)10-13)9-16(20)17-14-4-2-1-3-11(14)7-8-21-17/h1-6,10,16-17,20H,7-9H2. The number of aliphatic hydroxyl groups is 1. The zero-order chi connectivity index (χ0) is 14.8. The van der Waals surface area contributed by atoms with E-state index in [4.69, 9.17) is 4.74 Å². The summed E-state index contributed by atoms with van der Waals surface area (Å²) in [5.41, 5.74) is 2.70. The van der Waals surface area contributed by atoms with E-state index in [0.29, 0.717) is 16.6 Å². The fourth-order valence-electron chi connectivity index (χ4n) is 2.76. The second-order valence-electron chi connectivity index (χ2n) is 5.25. The molecule has 0 saturated carbocycles. The molecule has 110 valence electrons. The highest BCUT2D eigenvalue weighted by atomic mass is 79.9. The SMILES string of the molecule is OC(Cc1ccc(Br)cc1F)C1OCCc2ccccc21. The summed E-state index contributed by atoms with van der Waals surface area (Å²) in [7, 11) is 0. The maximum Gasteiger partial charge on any atom is 0.127 e. The lowest BCUT2D eigenvalue weighted by molar-refractivity contribution is -0.0463. The molecule has 2 aromatic carbocycles. The highest BCUT2D eigenvalue weighted by Crippen LogP contribution is 2.31. The van der Waals surface area contributed by atoms with Crippen LogP contribution < -0.4 is 0 Å². The van der Waals surface area contributed by atoms with E-state index in [1.807, 2.05) is 18.2 Å². The summed E-state index contributed by atoms with van der Waals surface area (Å²) >= 11 is 3.23. The van der Waals surface area contributed by atoms with Crippen molar-refractivity contribution >= 4 is 15.9 Å². The van der Waals surface area contributed by atoms with Crippen LogP contribution in [0.3, 0.4) is 0 Å². The van der Waals surface area contributed by atoms with Crippen LogP contribution in [0.2, 0.25) is 0 Å². The summed E-state index contributed by atoms with van der Waals surface area (Å²) in [5.74, 6) is -0.312. The van der Waals surface area contributed by atoms with Gasteiger partial charge in [-0.3, -0.25) is 0 Å². The molecule has 1 heterocycles. The van der Waals surface area contributed by atoms with Crippen molar-refractivity contribution in [3.8, 4) is 0 Å². The Kier molecular flexibility index (Phi) is 4.38. The van der Waals surface area contributed by atoms with Crippen molar-refractivity contribution in [3.05, 3.63) is 69.4 Å². The van der Waals surface area contributed by atoms with E-state index in [9.17, 15) is 9.50 Å². The molecule has 0 bridgehead atoms. The molecule has 1 N–H and O–H groups in total. The molecular formula is C17H16BrFO2. The minimum atomic E-state index is -0.762. The Hall–Kier alpha value is -1.23. The molecule has 2 atom stereocenters. The molecule has 1 aliphatic heterocycles. The highest BCUT2D eigenvalue weighted by Gasteiger charge is 2.28. The van der Waals surface area contributed by atoms with E-state index in [-0.39, 0.29) is 12.2 Å². The Bertz CT molecular complexity index is 644. The Balaban J connectivity index is 1.81. The quantitative estimate of drug-likeness (QED) is 0.911. The first-order valence-electron chi connectivity index (χ1n) is 6.96. The molecule has 21 heavy (non-hydrogen) atoms. The van der Waals surface area contributed by atoms with Crippen LogP contribution in [0.5, 0.6) is 0 Å². The van der Waals surface area contributed by atoms with Crippen LogP contribution in [0, 0.1) is 5.82 Å². The van der Waals surface area contributed by atoms with E-state index < -0.39 is 12.2 Å². The molecule has 2 aromatic rings. The third-order valence-electron chi connectivity index (χ3n) is 3.82. The minimum Gasteiger partial charge on any atom is -0.390 e. The van der Waals surface area contributed by atoms with Gasteiger partial charge >= 0.3 is 0 Å². The molecule has 4 heteroatoms. The van der Waals surface area contributed by atoms with Crippen molar-refractivity contribution in [1.82, 2.24) is 0 Å². The number of halogens is 2. The molecule has 1 aliphatic rings. The smallest absolute Gasteiger partial charge is 0.127 e. The van der Waals surface area contributed by atoms with Gasteiger partial charge in [0, 0.05) is 10.9 Å². The largest absolute Gasteiger partial charge is 0.390 e. The molecule has 2 nitrogen and oxygen atoms in total. The van der Waals surface area contributed by atoms with Gasteiger partial charge in [0.15, 0.2) is 0 Å². The van der Waals surface area contributed by atoms with Gasteiger partial charge in [-0.25, -0.2) is 4.39 Å². The fourth-order valence-corrected chi connectivity index (χ4v) is 3.10. The summed E-state index contributed by atoms with van der Waals surface area (Å²) in [6.07, 6.45) is -0.0652. The second-order valence-corrected chi connectivity index (χ2v) is 6.16. The van der Waals surface area contributed by atoms with Crippen LogP contribution >= 0.6 is 15.9 Å². The zero-order valence-electron chi connectivity index (χ0n) is 11.4. The van der Waals surface area contributed by atoms with Crippen LogP contribution in [-0.4, -0.2) is 17.8 Å². The average Bonchev–Trinajstić information content (AvgIpc) is 2.49. The number of hydrogen-bond donors (Lipinski definition) is 1. The summed E-state index contributed by atoms with van der Waals surface area (Å²) in [6.45, 7) is 0.585. The minimum absolute atomic E-state index is 0.234. The van der Waals surface area contributed by atoms with Crippen molar-refractivity contribution in [2.45, 2.75) is 25.0 Å². The van der Waals surface area contributed by atoms with Gasteiger partial charge in [-0.15, -0.1) is 0 Å². The van der Waals surface area contributed by atoms with Gasteiger partial charge in [0.25, 0.3) is 0 Å². The third-order valence-corrected chi connectivity index (χ3v) is 4.32. The van der Waals surface area contributed by atoms with E-state index in [0.717, 1.165) is 12.0 Å². The molecule has 3 rings (SSSR count). The summed E-state index contributed by atoms with van der Waals surface area (Å²) in [5, 5.41) is 10.5. The van der Waals surface area contributed by atoms with Crippen molar-refractivity contribution < 1.29 is 14.2 Å². The average molecular weight is 351 g/mol. The number of ether oxygens (including phenoxy) is 1. The number of aliphatic hydroxyl groups excluding tert-OH is 1.